The Morgan fingerprint density at radius 1 is 0.913 bits per heavy atom. The van der Waals surface area contributed by atoms with Gasteiger partial charge in [0.05, 0.1) is 0 Å². The van der Waals surface area contributed by atoms with Crippen LogP contribution in [0.1, 0.15) is 111 Å². The van der Waals surface area contributed by atoms with E-state index in [2.05, 4.69) is 33.3 Å². The van der Waals surface area contributed by atoms with E-state index in [0.717, 1.165) is 11.8 Å². The van der Waals surface area contributed by atoms with Crippen LogP contribution in [0.5, 0.6) is 0 Å². The first kappa shape index (κ1) is 19.1. The summed E-state index contributed by atoms with van der Waals surface area (Å²) < 4.78 is 0. The highest BCUT2D eigenvalue weighted by Crippen LogP contribution is 2.56. The molecule has 2 aliphatic rings. The van der Waals surface area contributed by atoms with E-state index in [4.69, 9.17) is 0 Å². The zero-order valence-corrected chi connectivity index (χ0v) is 16.2. The molecule has 0 aromatic heterocycles. The number of unbranched alkanes of at least 4 members (excludes halogenated alkanes) is 7. The highest BCUT2D eigenvalue weighted by atomic mass is 14.5. The van der Waals surface area contributed by atoms with Crippen molar-refractivity contribution in [2.24, 2.45) is 17.3 Å². The first-order valence-corrected chi connectivity index (χ1v) is 10.8. The zero-order valence-electron chi connectivity index (χ0n) is 16.2. The number of rotatable bonds is 12. The fourth-order valence-corrected chi connectivity index (χ4v) is 5.12. The van der Waals surface area contributed by atoms with Crippen molar-refractivity contribution in [3.63, 3.8) is 0 Å². The molecule has 0 N–H and O–H groups in total. The van der Waals surface area contributed by atoms with Gasteiger partial charge >= 0.3 is 0 Å². The van der Waals surface area contributed by atoms with Gasteiger partial charge in [-0.3, -0.25) is 0 Å². The van der Waals surface area contributed by atoms with E-state index in [1.165, 1.54) is 89.9 Å². The van der Waals surface area contributed by atoms with Crippen LogP contribution in [0, 0.1) is 23.7 Å². The Kier molecular flexibility index (Phi) is 8.21. The van der Waals surface area contributed by atoms with Gasteiger partial charge in [-0.25, -0.2) is 0 Å². The van der Waals surface area contributed by atoms with Crippen molar-refractivity contribution in [1.29, 1.82) is 0 Å². The Labute approximate surface area is 146 Å². The molecule has 0 aliphatic heterocycles. The normalized spacial score (nSPS) is 30.3. The van der Waals surface area contributed by atoms with Gasteiger partial charge in [-0.1, -0.05) is 109 Å². The Hall–Kier alpha value is -0.260. The lowest BCUT2D eigenvalue weighted by molar-refractivity contribution is 0.0777. The highest BCUT2D eigenvalue weighted by Gasteiger charge is 2.45. The van der Waals surface area contributed by atoms with Gasteiger partial charge in [-0.15, -0.1) is 0 Å². The second-order valence-electron chi connectivity index (χ2n) is 8.52. The third-order valence-corrected chi connectivity index (χ3v) is 6.70. The molecule has 0 spiro atoms. The Morgan fingerprint density at radius 3 is 2.17 bits per heavy atom. The predicted octanol–water partition coefficient (Wildman–Crippen LogP) is 7.88. The van der Waals surface area contributed by atoms with Gasteiger partial charge < -0.3 is 0 Å². The average Bonchev–Trinajstić information content (AvgIpc) is 3.38. The smallest absolute Gasteiger partial charge is 0.00862 e. The predicted molar refractivity (Wildman–Crippen MR) is 103 cm³/mol. The third-order valence-electron chi connectivity index (χ3n) is 6.70. The lowest BCUT2D eigenvalue weighted by Gasteiger charge is -2.46. The van der Waals surface area contributed by atoms with Crippen LogP contribution in [0.25, 0.3) is 0 Å². The van der Waals surface area contributed by atoms with Crippen molar-refractivity contribution in [1.82, 2.24) is 0 Å². The Bertz CT molecular complexity index is 353. The van der Waals surface area contributed by atoms with Gasteiger partial charge in [0.25, 0.3) is 0 Å². The van der Waals surface area contributed by atoms with Crippen LogP contribution in [-0.2, 0) is 0 Å². The summed E-state index contributed by atoms with van der Waals surface area (Å²) in [5.41, 5.74) is 2.23. The molecule has 2 rings (SSSR count). The molecule has 2 aliphatic carbocycles. The van der Waals surface area contributed by atoms with Crippen LogP contribution in [0.3, 0.4) is 0 Å². The van der Waals surface area contributed by atoms with Gasteiger partial charge in [-0.05, 0) is 30.1 Å². The molecule has 0 heterocycles. The van der Waals surface area contributed by atoms with Crippen LogP contribution in [-0.4, -0.2) is 0 Å². The maximum atomic E-state index is 2.59. The van der Waals surface area contributed by atoms with Crippen molar-refractivity contribution in [3.05, 3.63) is 18.1 Å². The lowest BCUT2D eigenvalue weighted by atomic mass is 9.58. The molecule has 0 saturated heterocycles. The van der Waals surface area contributed by atoms with E-state index in [1.807, 2.05) is 0 Å². The molecule has 0 aromatic carbocycles. The van der Waals surface area contributed by atoms with Crippen LogP contribution >= 0.6 is 0 Å². The van der Waals surface area contributed by atoms with Crippen molar-refractivity contribution >= 4 is 0 Å². The SMILES string of the molecule is CCCCCCCC1C(CCCCCC)CCCC1(C)C1=C[CH]1. The molecule has 0 bridgehead atoms. The maximum Gasteiger partial charge on any atom is 0.00862 e. The van der Waals surface area contributed by atoms with E-state index >= 15 is 0 Å². The molecule has 23 heavy (non-hydrogen) atoms. The summed E-state index contributed by atoms with van der Waals surface area (Å²) in [6.45, 7) is 7.24. The Balaban J connectivity index is 1.87. The average molecular weight is 318 g/mol. The van der Waals surface area contributed by atoms with E-state index in [1.54, 1.807) is 5.57 Å². The molecule has 1 saturated carbocycles. The minimum absolute atomic E-state index is 0.526. The molecule has 3 unspecified atom stereocenters. The van der Waals surface area contributed by atoms with Crippen LogP contribution in [0.2, 0.25) is 0 Å². The van der Waals surface area contributed by atoms with Crippen LogP contribution in [0.15, 0.2) is 11.6 Å². The quantitative estimate of drug-likeness (QED) is 0.321. The summed E-state index contributed by atoms with van der Waals surface area (Å²) in [7, 11) is 0. The second-order valence-corrected chi connectivity index (χ2v) is 8.52. The largest absolute Gasteiger partial charge is 0.0760 e. The third kappa shape index (κ3) is 5.64. The summed E-state index contributed by atoms with van der Waals surface area (Å²) in [5, 5.41) is 0. The van der Waals surface area contributed by atoms with Crippen molar-refractivity contribution in [3.8, 4) is 0 Å². The topological polar surface area (TPSA) is 0 Å². The fraction of sp³-hybridized carbons (Fsp3) is 0.870. The molecule has 133 valence electrons. The molecular formula is C23H41. The highest BCUT2D eigenvalue weighted by molar-refractivity contribution is 5.45. The van der Waals surface area contributed by atoms with E-state index in [-0.39, 0.29) is 0 Å². The molecule has 0 aromatic rings. The number of allylic oxidation sites excluding steroid dienone is 2. The molecule has 0 nitrogen and oxygen atoms in total. The molecule has 1 fully saturated rings. The Morgan fingerprint density at radius 2 is 1.52 bits per heavy atom. The van der Waals surface area contributed by atoms with Gasteiger partial charge in [0.2, 0.25) is 0 Å². The summed E-state index contributed by atoms with van der Waals surface area (Å²) >= 11 is 0. The molecule has 3 atom stereocenters. The summed E-state index contributed by atoms with van der Waals surface area (Å²) in [5.74, 6) is 1.97. The van der Waals surface area contributed by atoms with Crippen LogP contribution < -0.4 is 0 Å². The first-order chi connectivity index (χ1) is 11.2. The van der Waals surface area contributed by atoms with Gasteiger partial charge in [0.15, 0.2) is 0 Å². The summed E-state index contributed by atoms with van der Waals surface area (Å²) in [6, 6.07) is 0. The van der Waals surface area contributed by atoms with Crippen LogP contribution in [0.4, 0.5) is 0 Å². The molecule has 1 radical (unpaired) electrons. The first-order valence-electron chi connectivity index (χ1n) is 10.8. The van der Waals surface area contributed by atoms with Crippen molar-refractivity contribution in [2.45, 2.75) is 111 Å². The minimum Gasteiger partial charge on any atom is -0.0760 e. The lowest BCUT2D eigenvalue weighted by Crippen LogP contribution is -2.37. The van der Waals surface area contributed by atoms with E-state index in [0.29, 0.717) is 5.41 Å². The monoisotopic (exact) mass is 317 g/mol. The standard InChI is InChI=1S/C23H41/c1-4-6-8-10-12-16-22-20(14-11-9-7-5-2)15-13-19-23(22,3)21-17-18-21/h17-18,20,22H,4-16,19H2,1-3H3. The van der Waals surface area contributed by atoms with E-state index in [9.17, 15) is 0 Å². The minimum atomic E-state index is 0.526. The molecule has 0 amide bonds. The van der Waals surface area contributed by atoms with Crippen molar-refractivity contribution in [2.75, 3.05) is 0 Å². The number of hydrogen-bond donors (Lipinski definition) is 0. The van der Waals surface area contributed by atoms with Gasteiger partial charge in [0, 0.05) is 6.42 Å². The van der Waals surface area contributed by atoms with Gasteiger partial charge in [0.1, 0.15) is 0 Å². The second kappa shape index (κ2) is 9.90. The summed E-state index contributed by atoms with van der Waals surface area (Å²) in [4.78, 5) is 0. The fourth-order valence-electron chi connectivity index (χ4n) is 5.12. The summed E-state index contributed by atoms with van der Waals surface area (Å²) in [6.07, 6.45) is 25.1. The van der Waals surface area contributed by atoms with E-state index < -0.39 is 0 Å². The number of hydrogen-bond acceptors (Lipinski definition) is 0. The zero-order chi connectivity index (χ0) is 16.5. The molecule has 0 heteroatoms. The molecular weight excluding hydrogens is 276 g/mol. The maximum absolute atomic E-state index is 2.59. The van der Waals surface area contributed by atoms with Gasteiger partial charge in [-0.2, -0.15) is 0 Å². The van der Waals surface area contributed by atoms with Crippen molar-refractivity contribution < 1.29 is 0 Å².